The molecule has 1 aromatic carbocycles. The lowest BCUT2D eigenvalue weighted by atomic mass is 9.98. The molecule has 0 spiro atoms. The van der Waals surface area contributed by atoms with E-state index in [1.54, 1.807) is 0 Å². The molecule has 0 aliphatic carbocycles. The number of aliphatic carboxylic acids is 1. The molecule has 1 aliphatic rings. The summed E-state index contributed by atoms with van der Waals surface area (Å²) < 4.78 is 5.10. The number of carbonyl (C=O) groups excluding carboxylic acids is 1. The van der Waals surface area contributed by atoms with Gasteiger partial charge in [-0.25, -0.2) is 4.79 Å². The summed E-state index contributed by atoms with van der Waals surface area (Å²) in [6, 6.07) is 9.27. The van der Waals surface area contributed by atoms with Crippen molar-refractivity contribution in [2.75, 3.05) is 13.2 Å². The second-order valence-electron chi connectivity index (χ2n) is 5.29. The Morgan fingerprint density at radius 1 is 1.38 bits per heavy atom. The Bertz CT molecular complexity index is 498. The van der Waals surface area contributed by atoms with E-state index < -0.39 is 11.5 Å². The molecular formula is C15H20N2O4. The van der Waals surface area contributed by atoms with Gasteiger partial charge < -0.3 is 20.9 Å². The van der Waals surface area contributed by atoms with Crippen LogP contribution in [0.5, 0.6) is 0 Å². The summed E-state index contributed by atoms with van der Waals surface area (Å²) >= 11 is 0. The van der Waals surface area contributed by atoms with Crippen LogP contribution in [0, 0.1) is 0 Å². The van der Waals surface area contributed by atoms with Crippen LogP contribution in [0.2, 0.25) is 0 Å². The number of amides is 1. The van der Waals surface area contributed by atoms with Gasteiger partial charge in [0.2, 0.25) is 5.91 Å². The first-order valence-electron chi connectivity index (χ1n) is 6.96. The van der Waals surface area contributed by atoms with Crippen LogP contribution in [0.15, 0.2) is 30.3 Å². The Kier molecular flexibility index (Phi) is 4.93. The number of carboxylic acids is 1. The largest absolute Gasteiger partial charge is 0.479 e. The minimum absolute atomic E-state index is 0.0127. The van der Waals surface area contributed by atoms with Crippen LogP contribution < -0.4 is 11.1 Å². The topological polar surface area (TPSA) is 102 Å². The zero-order valence-corrected chi connectivity index (χ0v) is 11.7. The number of nitrogens with one attached hydrogen (secondary N) is 1. The summed E-state index contributed by atoms with van der Waals surface area (Å²) in [5.74, 6) is -1.37. The minimum Gasteiger partial charge on any atom is -0.479 e. The number of rotatable bonds is 6. The molecule has 1 aromatic rings. The SMILES string of the molecule is NC(CCC(=O)NC1(C(=O)O)CCOC1)c1ccccc1. The van der Waals surface area contributed by atoms with Gasteiger partial charge in [-0.2, -0.15) is 0 Å². The lowest BCUT2D eigenvalue weighted by Gasteiger charge is -2.24. The van der Waals surface area contributed by atoms with Gasteiger partial charge in [-0.05, 0) is 12.0 Å². The van der Waals surface area contributed by atoms with Crippen LogP contribution in [0.1, 0.15) is 30.9 Å². The number of hydrogen-bond donors (Lipinski definition) is 3. The molecule has 6 heteroatoms. The lowest BCUT2D eigenvalue weighted by Crippen LogP contribution is -2.55. The smallest absolute Gasteiger partial charge is 0.331 e. The number of carbonyl (C=O) groups is 2. The Hall–Kier alpha value is -1.92. The lowest BCUT2D eigenvalue weighted by molar-refractivity contribution is -0.147. The molecular weight excluding hydrogens is 272 g/mol. The monoisotopic (exact) mass is 292 g/mol. The van der Waals surface area contributed by atoms with Crippen LogP contribution >= 0.6 is 0 Å². The third kappa shape index (κ3) is 3.80. The fourth-order valence-electron chi connectivity index (χ4n) is 2.37. The molecule has 0 aromatic heterocycles. The molecule has 0 saturated carbocycles. The van der Waals surface area contributed by atoms with E-state index in [4.69, 9.17) is 10.5 Å². The minimum atomic E-state index is -1.28. The second-order valence-corrected chi connectivity index (χ2v) is 5.29. The molecule has 1 amide bonds. The van der Waals surface area contributed by atoms with Gasteiger partial charge in [0.1, 0.15) is 0 Å². The summed E-state index contributed by atoms with van der Waals surface area (Å²) in [6.07, 6.45) is 0.941. The predicted molar refractivity (Wildman–Crippen MR) is 76.5 cm³/mol. The molecule has 0 bridgehead atoms. The highest BCUT2D eigenvalue weighted by molar-refractivity contribution is 5.87. The van der Waals surface area contributed by atoms with Crippen LogP contribution in [-0.4, -0.2) is 35.7 Å². The van der Waals surface area contributed by atoms with Crippen molar-refractivity contribution in [3.05, 3.63) is 35.9 Å². The molecule has 1 aliphatic heterocycles. The van der Waals surface area contributed by atoms with Gasteiger partial charge in [0.05, 0.1) is 6.61 Å². The number of hydrogen-bond acceptors (Lipinski definition) is 4. The molecule has 114 valence electrons. The van der Waals surface area contributed by atoms with Gasteiger partial charge in [-0.1, -0.05) is 30.3 Å². The van der Waals surface area contributed by atoms with Gasteiger partial charge in [0, 0.05) is 25.5 Å². The Morgan fingerprint density at radius 3 is 2.67 bits per heavy atom. The third-order valence-corrected chi connectivity index (χ3v) is 3.72. The van der Waals surface area contributed by atoms with Crippen molar-refractivity contribution in [2.24, 2.45) is 5.73 Å². The summed E-state index contributed by atoms with van der Waals surface area (Å²) in [5.41, 5.74) is 5.70. The first-order valence-corrected chi connectivity index (χ1v) is 6.96. The Balaban J connectivity index is 1.86. The molecule has 1 heterocycles. The normalized spacial score (nSPS) is 22.7. The summed E-state index contributed by atoms with van der Waals surface area (Å²) in [6.45, 7) is 0.356. The maximum absolute atomic E-state index is 12.0. The maximum atomic E-state index is 12.0. The van der Waals surface area contributed by atoms with Gasteiger partial charge in [0.15, 0.2) is 5.54 Å². The van der Waals surface area contributed by atoms with Crippen molar-refractivity contribution < 1.29 is 19.4 Å². The molecule has 2 atom stereocenters. The van der Waals surface area contributed by atoms with Crippen LogP contribution in [-0.2, 0) is 14.3 Å². The Morgan fingerprint density at radius 2 is 2.10 bits per heavy atom. The summed E-state index contributed by atoms with van der Waals surface area (Å²) in [5, 5.41) is 11.8. The second kappa shape index (κ2) is 6.69. The van der Waals surface area contributed by atoms with E-state index in [2.05, 4.69) is 5.32 Å². The average Bonchev–Trinajstić information content (AvgIpc) is 2.95. The first kappa shape index (κ1) is 15.5. The summed E-state index contributed by atoms with van der Waals surface area (Å²) in [7, 11) is 0. The average molecular weight is 292 g/mol. The van der Waals surface area contributed by atoms with Crippen LogP contribution in [0.4, 0.5) is 0 Å². The predicted octanol–water partition coefficient (Wildman–Crippen LogP) is 0.827. The van der Waals surface area contributed by atoms with Crippen molar-refractivity contribution in [1.82, 2.24) is 5.32 Å². The highest BCUT2D eigenvalue weighted by Gasteiger charge is 2.43. The molecule has 4 N–H and O–H groups in total. The van der Waals surface area contributed by atoms with Gasteiger partial charge in [-0.15, -0.1) is 0 Å². The van der Waals surface area contributed by atoms with Crippen LogP contribution in [0.25, 0.3) is 0 Å². The van der Waals surface area contributed by atoms with Crippen LogP contribution in [0.3, 0.4) is 0 Å². The highest BCUT2D eigenvalue weighted by atomic mass is 16.5. The van der Waals surface area contributed by atoms with Crippen molar-refractivity contribution in [3.63, 3.8) is 0 Å². The standard InChI is InChI=1S/C15H20N2O4/c16-12(11-4-2-1-3-5-11)6-7-13(18)17-15(14(19)20)8-9-21-10-15/h1-5,12H,6-10,16H2,(H,17,18)(H,19,20). The molecule has 2 rings (SSSR count). The molecule has 21 heavy (non-hydrogen) atoms. The Labute approximate surface area is 123 Å². The maximum Gasteiger partial charge on any atom is 0.331 e. The quantitative estimate of drug-likeness (QED) is 0.720. The van der Waals surface area contributed by atoms with E-state index in [0.29, 0.717) is 19.4 Å². The van der Waals surface area contributed by atoms with Crippen molar-refractivity contribution in [2.45, 2.75) is 30.8 Å². The molecule has 6 nitrogen and oxygen atoms in total. The molecule has 1 saturated heterocycles. The van der Waals surface area contributed by atoms with E-state index in [1.165, 1.54) is 0 Å². The van der Waals surface area contributed by atoms with E-state index in [0.717, 1.165) is 5.56 Å². The van der Waals surface area contributed by atoms with E-state index in [1.807, 2.05) is 30.3 Å². The number of ether oxygens (including phenoxy) is 1. The van der Waals surface area contributed by atoms with Crippen molar-refractivity contribution >= 4 is 11.9 Å². The molecule has 1 fully saturated rings. The highest BCUT2D eigenvalue weighted by Crippen LogP contribution is 2.20. The van der Waals surface area contributed by atoms with Gasteiger partial charge in [0.25, 0.3) is 0 Å². The first-order chi connectivity index (χ1) is 10.0. The number of carboxylic acid groups (broad SMARTS) is 1. The fraction of sp³-hybridized carbons (Fsp3) is 0.467. The van der Waals surface area contributed by atoms with Crippen molar-refractivity contribution in [3.8, 4) is 0 Å². The summed E-state index contributed by atoms with van der Waals surface area (Å²) in [4.78, 5) is 23.3. The van der Waals surface area contributed by atoms with Gasteiger partial charge in [-0.3, -0.25) is 4.79 Å². The zero-order valence-electron chi connectivity index (χ0n) is 11.7. The molecule has 0 radical (unpaired) electrons. The number of nitrogens with two attached hydrogens (primary N) is 1. The van der Waals surface area contributed by atoms with Gasteiger partial charge >= 0.3 is 5.97 Å². The number of benzene rings is 1. The van der Waals surface area contributed by atoms with E-state index in [9.17, 15) is 14.7 Å². The zero-order chi connectivity index (χ0) is 15.3. The van der Waals surface area contributed by atoms with E-state index >= 15 is 0 Å². The third-order valence-electron chi connectivity index (χ3n) is 3.72. The molecule has 2 unspecified atom stereocenters. The fourth-order valence-corrected chi connectivity index (χ4v) is 2.37. The van der Waals surface area contributed by atoms with Crippen molar-refractivity contribution in [1.29, 1.82) is 0 Å². The van der Waals surface area contributed by atoms with E-state index in [-0.39, 0.29) is 25.0 Å².